The lowest BCUT2D eigenvalue weighted by Gasteiger charge is -2.09. The average molecular weight is 257 g/mol. The predicted octanol–water partition coefficient (Wildman–Crippen LogP) is 3.08. The molecule has 0 N–H and O–H groups in total. The number of para-hydroxylation sites is 1. The molecule has 0 aliphatic heterocycles. The molecule has 0 bridgehead atoms. The van der Waals surface area contributed by atoms with Crippen molar-refractivity contribution in [1.29, 1.82) is 0 Å². The van der Waals surface area contributed by atoms with E-state index in [1.165, 1.54) is 13.2 Å². The molecule has 5 nitrogen and oxygen atoms in total. The van der Waals surface area contributed by atoms with Crippen LogP contribution >= 0.6 is 0 Å². The number of aldehydes is 1. The summed E-state index contributed by atoms with van der Waals surface area (Å²) in [6.45, 7) is 0. The van der Waals surface area contributed by atoms with Crippen LogP contribution in [0, 0.1) is 10.1 Å². The number of methoxy groups -OCH3 is 1. The first kappa shape index (κ1) is 12.8. The molecule has 5 heteroatoms. The lowest BCUT2D eigenvalue weighted by molar-refractivity contribution is -0.384. The number of carbonyl (C=O) groups is 1. The lowest BCUT2D eigenvalue weighted by atomic mass is 10.0. The van der Waals surface area contributed by atoms with Crippen LogP contribution in [-0.2, 0) is 0 Å². The predicted molar refractivity (Wildman–Crippen MR) is 70.5 cm³/mol. The van der Waals surface area contributed by atoms with Crippen molar-refractivity contribution in [3.05, 3.63) is 58.1 Å². The van der Waals surface area contributed by atoms with Crippen LogP contribution in [0.4, 0.5) is 5.69 Å². The fraction of sp³-hybridized carbons (Fsp3) is 0.0714. The Kier molecular flexibility index (Phi) is 3.56. The van der Waals surface area contributed by atoms with Crippen molar-refractivity contribution in [2.24, 2.45) is 0 Å². The van der Waals surface area contributed by atoms with Crippen molar-refractivity contribution in [1.82, 2.24) is 0 Å². The molecule has 2 aromatic rings. The molecule has 0 radical (unpaired) electrons. The summed E-state index contributed by atoms with van der Waals surface area (Å²) in [7, 11) is 1.48. The van der Waals surface area contributed by atoms with Crippen LogP contribution in [-0.4, -0.2) is 18.3 Å². The van der Waals surface area contributed by atoms with Gasteiger partial charge in [-0.05, 0) is 24.3 Å². The molecule has 0 aliphatic rings. The van der Waals surface area contributed by atoms with Crippen LogP contribution in [0.25, 0.3) is 11.1 Å². The number of hydrogen-bond acceptors (Lipinski definition) is 4. The fourth-order valence-electron chi connectivity index (χ4n) is 1.87. The van der Waals surface area contributed by atoms with Gasteiger partial charge in [-0.15, -0.1) is 0 Å². The van der Waals surface area contributed by atoms with E-state index in [0.717, 1.165) is 0 Å². The summed E-state index contributed by atoms with van der Waals surface area (Å²) in [6.07, 6.45) is 0.692. The van der Waals surface area contributed by atoms with E-state index < -0.39 is 4.92 Å². The number of nitro benzene ring substituents is 1. The van der Waals surface area contributed by atoms with E-state index in [9.17, 15) is 14.9 Å². The molecule has 2 aromatic carbocycles. The minimum atomic E-state index is -0.456. The van der Waals surface area contributed by atoms with E-state index >= 15 is 0 Å². The Hall–Kier alpha value is -2.69. The van der Waals surface area contributed by atoms with Gasteiger partial charge in [-0.2, -0.15) is 0 Å². The van der Waals surface area contributed by atoms with Crippen LogP contribution in [0.15, 0.2) is 42.5 Å². The highest BCUT2D eigenvalue weighted by Crippen LogP contribution is 2.36. The molecule has 0 aliphatic carbocycles. The maximum Gasteiger partial charge on any atom is 0.277 e. The monoisotopic (exact) mass is 257 g/mol. The topological polar surface area (TPSA) is 69.4 Å². The standard InChI is InChI=1S/C14H11NO4/c1-19-14-7-6-10(9-16)8-12(14)11-4-2-3-5-13(11)15(17)18/h2-9H,1H3. The van der Waals surface area contributed by atoms with Gasteiger partial charge < -0.3 is 4.74 Å². The van der Waals surface area contributed by atoms with Gasteiger partial charge in [0.25, 0.3) is 5.69 Å². The zero-order valence-electron chi connectivity index (χ0n) is 10.2. The largest absolute Gasteiger partial charge is 0.496 e. The van der Waals surface area contributed by atoms with E-state index in [-0.39, 0.29) is 5.69 Å². The van der Waals surface area contributed by atoms with E-state index in [0.29, 0.717) is 28.7 Å². The third kappa shape index (κ3) is 2.44. The van der Waals surface area contributed by atoms with Gasteiger partial charge in [-0.1, -0.05) is 12.1 Å². The van der Waals surface area contributed by atoms with Gasteiger partial charge in [0.15, 0.2) is 0 Å². The van der Waals surface area contributed by atoms with E-state index in [1.54, 1.807) is 36.4 Å². The highest BCUT2D eigenvalue weighted by molar-refractivity contribution is 5.84. The number of nitrogens with zero attached hydrogens (tertiary/aromatic N) is 1. The van der Waals surface area contributed by atoms with Gasteiger partial charge in [0.1, 0.15) is 12.0 Å². The average Bonchev–Trinajstić information content (AvgIpc) is 2.46. The summed E-state index contributed by atoms with van der Waals surface area (Å²) in [5.74, 6) is 0.486. The first-order valence-electron chi connectivity index (χ1n) is 5.54. The first-order chi connectivity index (χ1) is 9.17. The third-order valence-electron chi connectivity index (χ3n) is 2.75. The van der Waals surface area contributed by atoms with Crippen molar-refractivity contribution in [3.63, 3.8) is 0 Å². The van der Waals surface area contributed by atoms with Crippen LogP contribution < -0.4 is 4.74 Å². The molecule has 0 spiro atoms. The Morgan fingerprint density at radius 2 is 1.89 bits per heavy atom. The van der Waals surface area contributed by atoms with Gasteiger partial charge in [-0.3, -0.25) is 14.9 Å². The van der Waals surface area contributed by atoms with Crippen molar-refractivity contribution in [3.8, 4) is 16.9 Å². The fourth-order valence-corrected chi connectivity index (χ4v) is 1.87. The third-order valence-corrected chi connectivity index (χ3v) is 2.75. The number of nitro groups is 1. The maximum absolute atomic E-state index is 11.0. The molecule has 0 saturated carbocycles. The molecule has 0 amide bonds. The van der Waals surface area contributed by atoms with Gasteiger partial charge in [0.2, 0.25) is 0 Å². The van der Waals surface area contributed by atoms with Crippen LogP contribution in [0.5, 0.6) is 5.75 Å². The van der Waals surface area contributed by atoms with Crippen molar-refractivity contribution < 1.29 is 14.5 Å². The highest BCUT2D eigenvalue weighted by Gasteiger charge is 2.17. The minimum Gasteiger partial charge on any atom is -0.496 e. The molecule has 2 rings (SSSR count). The Balaban J connectivity index is 2.70. The number of ether oxygens (including phenoxy) is 1. The number of benzene rings is 2. The van der Waals surface area contributed by atoms with Crippen LogP contribution in [0.3, 0.4) is 0 Å². The summed E-state index contributed by atoms with van der Waals surface area (Å²) < 4.78 is 5.20. The number of hydrogen-bond donors (Lipinski definition) is 0. The van der Waals surface area contributed by atoms with E-state index in [2.05, 4.69) is 0 Å². The van der Waals surface area contributed by atoms with E-state index in [4.69, 9.17) is 4.74 Å². The summed E-state index contributed by atoms with van der Waals surface area (Å²) in [6, 6.07) is 11.1. The summed E-state index contributed by atoms with van der Waals surface area (Å²) in [5, 5.41) is 11.0. The SMILES string of the molecule is COc1ccc(C=O)cc1-c1ccccc1[N+](=O)[O-]. The zero-order valence-corrected chi connectivity index (χ0v) is 10.2. The summed E-state index contributed by atoms with van der Waals surface area (Å²) in [4.78, 5) is 21.4. The molecular formula is C14H11NO4. The second kappa shape index (κ2) is 5.30. The quantitative estimate of drug-likeness (QED) is 0.479. The molecule has 0 saturated heterocycles. The summed E-state index contributed by atoms with van der Waals surface area (Å²) in [5.41, 5.74) is 1.37. The van der Waals surface area contributed by atoms with Crippen molar-refractivity contribution in [2.75, 3.05) is 7.11 Å². The van der Waals surface area contributed by atoms with Crippen LogP contribution in [0.1, 0.15) is 10.4 Å². The van der Waals surface area contributed by atoms with Gasteiger partial charge in [0.05, 0.1) is 17.6 Å². The normalized spacial score (nSPS) is 9.95. The lowest BCUT2D eigenvalue weighted by Crippen LogP contribution is -1.95. The minimum absolute atomic E-state index is 0.0242. The zero-order chi connectivity index (χ0) is 13.8. The van der Waals surface area contributed by atoms with E-state index in [1.807, 2.05) is 0 Å². The van der Waals surface area contributed by atoms with Gasteiger partial charge >= 0.3 is 0 Å². The Morgan fingerprint density at radius 1 is 1.16 bits per heavy atom. The van der Waals surface area contributed by atoms with Crippen molar-refractivity contribution >= 4 is 12.0 Å². The second-order valence-corrected chi connectivity index (χ2v) is 3.85. The van der Waals surface area contributed by atoms with Gasteiger partial charge in [-0.25, -0.2) is 0 Å². The molecular weight excluding hydrogens is 246 g/mol. The Morgan fingerprint density at radius 3 is 2.53 bits per heavy atom. The first-order valence-corrected chi connectivity index (χ1v) is 5.54. The number of carbonyl (C=O) groups excluding carboxylic acids is 1. The smallest absolute Gasteiger partial charge is 0.277 e. The van der Waals surface area contributed by atoms with Crippen LogP contribution in [0.2, 0.25) is 0 Å². The van der Waals surface area contributed by atoms with Crippen molar-refractivity contribution in [2.45, 2.75) is 0 Å². The molecule has 19 heavy (non-hydrogen) atoms. The summed E-state index contributed by atoms with van der Waals surface area (Å²) >= 11 is 0. The molecule has 0 fully saturated rings. The maximum atomic E-state index is 11.0. The highest BCUT2D eigenvalue weighted by atomic mass is 16.6. The number of rotatable bonds is 4. The second-order valence-electron chi connectivity index (χ2n) is 3.85. The van der Waals surface area contributed by atoms with Gasteiger partial charge in [0, 0.05) is 17.2 Å². The molecule has 96 valence electrons. The Bertz CT molecular complexity index is 637. The Labute approximate surface area is 109 Å². The molecule has 0 atom stereocenters. The molecule has 0 heterocycles. The molecule has 0 unspecified atom stereocenters. The molecule has 0 aromatic heterocycles.